The van der Waals surface area contributed by atoms with Gasteiger partial charge < -0.3 is 9.11 Å². The minimum atomic E-state index is -4.27. The van der Waals surface area contributed by atoms with E-state index in [1.54, 1.807) is 36.7 Å². The molecular weight excluding hydrogens is 688 g/mol. The van der Waals surface area contributed by atoms with E-state index in [0.29, 0.717) is 0 Å². The van der Waals surface area contributed by atoms with Crippen molar-refractivity contribution in [3.05, 3.63) is 151 Å². The minimum absolute atomic E-state index is 0. The van der Waals surface area contributed by atoms with Crippen LogP contribution in [-0.4, -0.2) is 40.9 Å². The minimum Gasteiger partial charge on any atom is -0.744 e. The Morgan fingerprint density at radius 3 is 1.19 bits per heavy atom. The summed E-state index contributed by atoms with van der Waals surface area (Å²) in [4.78, 5) is 13.3. The van der Waals surface area contributed by atoms with Gasteiger partial charge in [0.05, 0.1) is 32.6 Å². The van der Waals surface area contributed by atoms with Gasteiger partial charge in [0.15, 0.2) is 0 Å². The second kappa shape index (κ2) is 16.9. The third-order valence-electron chi connectivity index (χ3n) is 6.41. The van der Waals surface area contributed by atoms with Gasteiger partial charge in [0.1, 0.15) is 20.2 Å². The first kappa shape index (κ1) is 37.0. The molecule has 6 aromatic rings. The van der Waals surface area contributed by atoms with Gasteiger partial charge in [0, 0.05) is 12.4 Å². The van der Waals surface area contributed by atoms with Crippen LogP contribution in [0.5, 0.6) is 0 Å². The normalized spacial score (nSPS) is 10.7. The summed E-state index contributed by atoms with van der Waals surface area (Å²) in [5.74, 6) is 0. The molecule has 0 aliphatic heterocycles. The number of rotatable bonds is 5. The van der Waals surface area contributed by atoms with Crippen LogP contribution < -0.4 is 0 Å². The summed E-state index contributed by atoms with van der Waals surface area (Å²) in [5.41, 5.74) is 7.51. The summed E-state index contributed by atoms with van der Waals surface area (Å²) in [7, 11) is -8.54. The van der Waals surface area contributed by atoms with Crippen LogP contribution in [0.25, 0.3) is 33.9 Å². The van der Waals surface area contributed by atoms with Gasteiger partial charge in [-0.25, -0.2) is 21.8 Å². The number of aromatic nitrogens is 3. The van der Waals surface area contributed by atoms with E-state index in [2.05, 4.69) is 34.2 Å². The van der Waals surface area contributed by atoms with Gasteiger partial charge in [-0.1, -0.05) is 77.9 Å². The zero-order valence-corrected chi connectivity index (χ0v) is 30.2. The van der Waals surface area contributed by atoms with Crippen molar-refractivity contribution < 1.29 is 45.4 Å². The second-order valence-electron chi connectivity index (χ2n) is 9.96. The Hall–Kier alpha value is -4.45. The molecule has 0 spiro atoms. The second-order valence-corrected chi connectivity index (χ2v) is 12.7. The van der Waals surface area contributed by atoms with Crippen molar-refractivity contribution in [2.45, 2.75) is 23.6 Å². The molecule has 47 heavy (non-hydrogen) atoms. The molecular formula is C35H29N3O6S2Zn. The number of benzene rings is 3. The SMILES string of the molecule is Cc1ccc(S(=O)(=O)[O-])cc1.Cc1ccc(S(=O)(=O)[O-])cc1.[Zn+2].c1ccc(-c2cc(-c3ccccn3)nc(-c3ccccn3)c2)cc1. The Morgan fingerprint density at radius 2 is 0.851 bits per heavy atom. The number of hydrogen-bond acceptors (Lipinski definition) is 9. The summed E-state index contributed by atoms with van der Waals surface area (Å²) in [6.45, 7) is 3.64. The van der Waals surface area contributed by atoms with Crippen molar-refractivity contribution in [3.63, 3.8) is 0 Å². The molecule has 0 aliphatic rings. The molecule has 6 rings (SSSR count). The summed E-state index contributed by atoms with van der Waals surface area (Å²) >= 11 is 0. The quantitative estimate of drug-likeness (QED) is 0.141. The number of pyridine rings is 3. The Labute approximate surface area is 287 Å². The fourth-order valence-electron chi connectivity index (χ4n) is 4.03. The molecule has 0 N–H and O–H groups in total. The molecule has 0 aliphatic carbocycles. The first-order valence-corrected chi connectivity index (χ1v) is 16.7. The Bertz CT molecular complexity index is 1870. The topological polar surface area (TPSA) is 153 Å². The van der Waals surface area contributed by atoms with E-state index >= 15 is 0 Å². The summed E-state index contributed by atoms with van der Waals surface area (Å²) in [6, 6.07) is 37.7. The smallest absolute Gasteiger partial charge is 0.744 e. The standard InChI is InChI=1S/C21H15N3.2C7H8O3S.Zn/c1-2-8-16(9-3-1)17-14-20(18-10-4-6-12-22-18)24-21(15-17)19-11-5-7-13-23-19;2*1-6-2-4-7(5-3-6)11(8,9)10;/h1-15H;2*2-5H,1H3,(H,8,9,10);/q;;;+2/p-2. The van der Waals surface area contributed by atoms with Gasteiger partial charge in [-0.3, -0.25) is 9.97 Å². The maximum Gasteiger partial charge on any atom is 2.00 e. The van der Waals surface area contributed by atoms with Crippen LogP contribution in [0.15, 0.2) is 150 Å². The van der Waals surface area contributed by atoms with E-state index < -0.39 is 20.2 Å². The maximum atomic E-state index is 10.4. The zero-order chi connectivity index (χ0) is 33.2. The van der Waals surface area contributed by atoms with Gasteiger partial charge >= 0.3 is 19.5 Å². The third-order valence-corrected chi connectivity index (χ3v) is 8.11. The molecule has 0 bridgehead atoms. The molecule has 0 fully saturated rings. The van der Waals surface area contributed by atoms with Crippen molar-refractivity contribution in [3.8, 4) is 33.9 Å². The van der Waals surface area contributed by atoms with Crippen LogP contribution in [0.2, 0.25) is 0 Å². The van der Waals surface area contributed by atoms with Crippen molar-refractivity contribution in [2.75, 3.05) is 0 Å². The number of aryl methyl sites for hydroxylation is 2. The van der Waals surface area contributed by atoms with Crippen molar-refractivity contribution in [1.82, 2.24) is 15.0 Å². The Balaban J connectivity index is 0.000000219. The van der Waals surface area contributed by atoms with Crippen molar-refractivity contribution in [1.29, 1.82) is 0 Å². The summed E-state index contributed by atoms with van der Waals surface area (Å²) in [5, 5.41) is 0. The Kier molecular flexibility index (Phi) is 13.3. The van der Waals surface area contributed by atoms with Gasteiger partial charge in [-0.2, -0.15) is 0 Å². The van der Waals surface area contributed by atoms with Crippen LogP contribution in [0, 0.1) is 13.8 Å². The maximum absolute atomic E-state index is 10.4. The van der Waals surface area contributed by atoms with Crippen LogP contribution >= 0.6 is 0 Å². The van der Waals surface area contributed by atoms with Crippen LogP contribution in [0.1, 0.15) is 11.1 Å². The molecule has 3 heterocycles. The fraction of sp³-hybridized carbons (Fsp3) is 0.0571. The fourth-order valence-corrected chi connectivity index (χ4v) is 4.97. The molecule has 0 saturated carbocycles. The van der Waals surface area contributed by atoms with E-state index in [1.165, 1.54) is 24.3 Å². The molecule has 0 amide bonds. The monoisotopic (exact) mass is 715 g/mol. The van der Waals surface area contributed by atoms with E-state index in [0.717, 1.165) is 45.0 Å². The zero-order valence-electron chi connectivity index (χ0n) is 25.6. The third kappa shape index (κ3) is 11.4. The van der Waals surface area contributed by atoms with Gasteiger partial charge in [0.2, 0.25) is 0 Å². The predicted molar refractivity (Wildman–Crippen MR) is 174 cm³/mol. The number of hydrogen-bond donors (Lipinski definition) is 0. The van der Waals surface area contributed by atoms with E-state index in [1.807, 2.05) is 68.4 Å². The molecule has 0 atom stereocenters. The molecule has 9 nitrogen and oxygen atoms in total. The molecule has 234 valence electrons. The van der Waals surface area contributed by atoms with Gasteiger partial charge in [0.25, 0.3) is 0 Å². The van der Waals surface area contributed by atoms with Gasteiger partial charge in [-0.05, 0) is 85.6 Å². The van der Waals surface area contributed by atoms with E-state index in [4.69, 9.17) is 4.98 Å². The largest absolute Gasteiger partial charge is 2.00 e. The number of nitrogens with zero attached hydrogens (tertiary/aromatic N) is 3. The van der Waals surface area contributed by atoms with Crippen molar-refractivity contribution >= 4 is 20.2 Å². The predicted octanol–water partition coefficient (Wildman–Crippen LogP) is 6.67. The van der Waals surface area contributed by atoms with Crippen LogP contribution in [-0.2, 0) is 39.7 Å². The van der Waals surface area contributed by atoms with E-state index in [-0.39, 0.29) is 29.3 Å². The first-order valence-electron chi connectivity index (χ1n) is 13.9. The molecule has 3 aromatic heterocycles. The molecule has 0 radical (unpaired) electrons. The van der Waals surface area contributed by atoms with Gasteiger partial charge in [-0.15, -0.1) is 0 Å². The van der Waals surface area contributed by atoms with E-state index in [9.17, 15) is 25.9 Å². The average Bonchev–Trinajstić information content (AvgIpc) is 3.06. The molecule has 3 aromatic carbocycles. The first-order chi connectivity index (χ1) is 21.9. The summed E-state index contributed by atoms with van der Waals surface area (Å²) < 4.78 is 62.3. The molecule has 0 saturated heterocycles. The Morgan fingerprint density at radius 1 is 0.468 bits per heavy atom. The molecule has 12 heteroatoms. The summed E-state index contributed by atoms with van der Waals surface area (Å²) in [6.07, 6.45) is 3.57. The van der Waals surface area contributed by atoms with Crippen LogP contribution in [0.3, 0.4) is 0 Å². The van der Waals surface area contributed by atoms with Crippen molar-refractivity contribution in [2.24, 2.45) is 0 Å². The average molecular weight is 717 g/mol. The van der Waals surface area contributed by atoms with Crippen LogP contribution in [0.4, 0.5) is 0 Å². The molecule has 0 unspecified atom stereocenters.